The number of hydrogen-bond acceptors (Lipinski definition) is 4. The summed E-state index contributed by atoms with van der Waals surface area (Å²) >= 11 is 1.25. The zero-order valence-corrected chi connectivity index (χ0v) is 11.4. The number of nitro groups is 1. The van der Waals surface area contributed by atoms with Crippen LogP contribution in [0.25, 0.3) is 0 Å². The molecule has 2 N–H and O–H groups in total. The van der Waals surface area contributed by atoms with Crippen LogP contribution >= 0.6 is 11.8 Å². The fourth-order valence-electron chi connectivity index (χ4n) is 1.80. The number of nitro benzene ring substituents is 1. The predicted molar refractivity (Wildman–Crippen MR) is 76.4 cm³/mol. The Hall–Kier alpha value is -1.92. The molecule has 0 atom stereocenters. The molecule has 0 fully saturated rings. The van der Waals surface area contributed by atoms with Gasteiger partial charge < -0.3 is 5.73 Å². The van der Waals surface area contributed by atoms with Gasteiger partial charge in [0.1, 0.15) is 5.82 Å². The van der Waals surface area contributed by atoms with Crippen molar-refractivity contribution in [3.8, 4) is 0 Å². The maximum Gasteiger partial charge on any atom is 0.286 e. The van der Waals surface area contributed by atoms with Crippen molar-refractivity contribution in [3.63, 3.8) is 0 Å². The topological polar surface area (TPSA) is 69.2 Å². The number of nitrogens with zero attached hydrogens (tertiary/aromatic N) is 1. The van der Waals surface area contributed by atoms with Gasteiger partial charge in [0.2, 0.25) is 0 Å². The van der Waals surface area contributed by atoms with E-state index < -0.39 is 10.7 Å². The predicted octanol–water partition coefficient (Wildman–Crippen LogP) is 3.39. The first kappa shape index (κ1) is 14.5. The molecule has 0 radical (unpaired) electrons. The molecule has 0 spiro atoms. The quantitative estimate of drug-likeness (QED) is 0.677. The van der Waals surface area contributed by atoms with E-state index in [1.54, 1.807) is 0 Å². The largest absolute Gasteiger partial charge is 0.330 e. The average molecular weight is 292 g/mol. The van der Waals surface area contributed by atoms with Crippen LogP contribution in [0.3, 0.4) is 0 Å². The first-order valence-electron chi connectivity index (χ1n) is 6.01. The minimum absolute atomic E-state index is 0.224. The van der Waals surface area contributed by atoms with Gasteiger partial charge in [0.15, 0.2) is 0 Å². The van der Waals surface area contributed by atoms with Gasteiger partial charge in [-0.1, -0.05) is 30.0 Å². The molecule has 104 valence electrons. The molecule has 0 saturated heterocycles. The minimum atomic E-state index is -0.615. The summed E-state index contributed by atoms with van der Waals surface area (Å²) in [5.41, 5.74) is 6.36. The zero-order valence-electron chi connectivity index (χ0n) is 10.6. The third-order valence-corrected chi connectivity index (χ3v) is 3.91. The maximum atomic E-state index is 13.1. The molecule has 0 aromatic heterocycles. The number of nitrogens with two attached hydrogens (primary N) is 1. The fourth-order valence-corrected chi connectivity index (χ4v) is 2.86. The molecule has 0 aliphatic heterocycles. The van der Waals surface area contributed by atoms with Gasteiger partial charge in [-0.05, 0) is 36.7 Å². The number of rotatable bonds is 5. The molecule has 0 aliphatic rings. The number of hydrogen-bond donors (Lipinski definition) is 1. The molecule has 6 heteroatoms. The molecule has 2 aromatic rings. The second-order valence-electron chi connectivity index (χ2n) is 4.12. The maximum absolute atomic E-state index is 13.1. The standard InChI is InChI=1S/C14H13FN2O2S/c15-11-5-6-14(12(9-11)17(18)19)20-13-4-2-1-3-10(13)7-8-16/h1-6,9H,7-8,16H2. The second kappa shape index (κ2) is 6.49. The van der Waals surface area contributed by atoms with Crippen LogP contribution < -0.4 is 5.73 Å². The van der Waals surface area contributed by atoms with Crippen molar-refractivity contribution in [3.05, 3.63) is 64.0 Å². The lowest BCUT2D eigenvalue weighted by Gasteiger charge is -2.08. The molecule has 0 saturated carbocycles. The zero-order chi connectivity index (χ0) is 14.5. The van der Waals surface area contributed by atoms with Crippen LogP contribution in [-0.2, 0) is 6.42 Å². The van der Waals surface area contributed by atoms with Gasteiger partial charge in [0.25, 0.3) is 5.69 Å². The Morgan fingerprint density at radius 3 is 2.65 bits per heavy atom. The summed E-state index contributed by atoms with van der Waals surface area (Å²) in [6, 6.07) is 11.2. The van der Waals surface area contributed by atoms with E-state index in [4.69, 9.17) is 5.73 Å². The highest BCUT2D eigenvalue weighted by atomic mass is 32.2. The van der Waals surface area contributed by atoms with E-state index in [0.29, 0.717) is 17.9 Å². The van der Waals surface area contributed by atoms with Gasteiger partial charge in [-0.25, -0.2) is 4.39 Å². The molecule has 2 aromatic carbocycles. The molecule has 20 heavy (non-hydrogen) atoms. The van der Waals surface area contributed by atoms with E-state index in [9.17, 15) is 14.5 Å². The van der Waals surface area contributed by atoms with Crippen molar-refractivity contribution < 1.29 is 9.31 Å². The van der Waals surface area contributed by atoms with E-state index in [2.05, 4.69) is 0 Å². The van der Waals surface area contributed by atoms with Crippen molar-refractivity contribution in [1.82, 2.24) is 0 Å². The molecule has 0 amide bonds. The highest BCUT2D eigenvalue weighted by Crippen LogP contribution is 2.36. The Morgan fingerprint density at radius 1 is 1.20 bits per heavy atom. The highest BCUT2D eigenvalue weighted by Gasteiger charge is 2.16. The van der Waals surface area contributed by atoms with Gasteiger partial charge in [-0.15, -0.1) is 0 Å². The Morgan fingerprint density at radius 2 is 1.95 bits per heavy atom. The van der Waals surface area contributed by atoms with Crippen molar-refractivity contribution in [2.75, 3.05) is 6.54 Å². The van der Waals surface area contributed by atoms with Crippen LogP contribution in [0.15, 0.2) is 52.3 Å². The second-order valence-corrected chi connectivity index (χ2v) is 5.20. The Bertz CT molecular complexity index is 634. The Labute approximate surface area is 119 Å². The van der Waals surface area contributed by atoms with Crippen LogP contribution in [0, 0.1) is 15.9 Å². The van der Waals surface area contributed by atoms with E-state index in [-0.39, 0.29) is 5.69 Å². The Kier molecular flexibility index (Phi) is 4.70. The summed E-state index contributed by atoms with van der Waals surface area (Å²) in [5, 5.41) is 11.0. The van der Waals surface area contributed by atoms with Crippen molar-refractivity contribution in [2.24, 2.45) is 5.73 Å². The average Bonchev–Trinajstić information content (AvgIpc) is 2.43. The summed E-state index contributed by atoms with van der Waals surface area (Å²) in [7, 11) is 0. The highest BCUT2D eigenvalue weighted by molar-refractivity contribution is 7.99. The van der Waals surface area contributed by atoms with Gasteiger partial charge in [-0.2, -0.15) is 0 Å². The van der Waals surface area contributed by atoms with Crippen molar-refractivity contribution >= 4 is 17.4 Å². The lowest BCUT2D eigenvalue weighted by molar-refractivity contribution is -0.387. The van der Waals surface area contributed by atoms with Gasteiger partial charge in [0.05, 0.1) is 15.9 Å². The normalized spacial score (nSPS) is 10.5. The SMILES string of the molecule is NCCc1ccccc1Sc1ccc(F)cc1[N+](=O)[O-]. The first-order chi connectivity index (χ1) is 9.61. The van der Waals surface area contributed by atoms with E-state index in [1.807, 2.05) is 24.3 Å². The third kappa shape index (κ3) is 3.34. The summed E-state index contributed by atoms with van der Waals surface area (Å²) in [4.78, 5) is 11.7. The molecule has 0 aliphatic carbocycles. The Balaban J connectivity index is 2.37. The van der Waals surface area contributed by atoms with Crippen LogP contribution in [0.5, 0.6) is 0 Å². The number of benzene rings is 2. The summed E-state index contributed by atoms with van der Waals surface area (Å²) < 4.78 is 13.1. The summed E-state index contributed by atoms with van der Waals surface area (Å²) in [6.07, 6.45) is 0.693. The third-order valence-electron chi connectivity index (χ3n) is 2.72. The van der Waals surface area contributed by atoms with Crippen molar-refractivity contribution in [2.45, 2.75) is 16.2 Å². The fraction of sp³-hybridized carbons (Fsp3) is 0.143. The van der Waals surface area contributed by atoms with Crippen LogP contribution in [0.1, 0.15) is 5.56 Å². The molecular formula is C14H13FN2O2S. The summed E-state index contributed by atoms with van der Waals surface area (Å²) in [6.45, 7) is 0.503. The first-order valence-corrected chi connectivity index (χ1v) is 6.83. The summed E-state index contributed by atoms with van der Waals surface area (Å²) in [5.74, 6) is -0.615. The van der Waals surface area contributed by atoms with Gasteiger partial charge in [0, 0.05) is 4.90 Å². The lowest BCUT2D eigenvalue weighted by Crippen LogP contribution is -2.03. The molecule has 4 nitrogen and oxygen atoms in total. The molecule has 0 heterocycles. The van der Waals surface area contributed by atoms with Gasteiger partial charge in [-0.3, -0.25) is 10.1 Å². The monoisotopic (exact) mass is 292 g/mol. The van der Waals surface area contributed by atoms with Crippen LogP contribution in [0.4, 0.5) is 10.1 Å². The van der Waals surface area contributed by atoms with Crippen molar-refractivity contribution in [1.29, 1.82) is 0 Å². The minimum Gasteiger partial charge on any atom is -0.330 e. The van der Waals surface area contributed by atoms with E-state index >= 15 is 0 Å². The van der Waals surface area contributed by atoms with Crippen LogP contribution in [-0.4, -0.2) is 11.5 Å². The van der Waals surface area contributed by atoms with Gasteiger partial charge >= 0.3 is 0 Å². The van der Waals surface area contributed by atoms with Crippen LogP contribution in [0.2, 0.25) is 0 Å². The molecule has 2 rings (SSSR count). The molecule has 0 unspecified atom stereocenters. The molecule has 0 bridgehead atoms. The number of halogens is 1. The lowest BCUT2D eigenvalue weighted by atomic mass is 10.1. The molecular weight excluding hydrogens is 279 g/mol. The smallest absolute Gasteiger partial charge is 0.286 e. The van der Waals surface area contributed by atoms with E-state index in [0.717, 1.165) is 16.5 Å². The van der Waals surface area contributed by atoms with E-state index in [1.165, 1.54) is 23.9 Å².